The average Bonchev–Trinajstić information content (AvgIpc) is 2.86. The van der Waals surface area contributed by atoms with Crippen molar-refractivity contribution < 1.29 is 18.7 Å². The van der Waals surface area contributed by atoms with Gasteiger partial charge < -0.3 is 19.3 Å². The normalized spacial score (nSPS) is 14.6. The lowest BCUT2D eigenvalue weighted by atomic mass is 10.1. The van der Waals surface area contributed by atoms with E-state index >= 15 is 0 Å². The summed E-state index contributed by atoms with van der Waals surface area (Å²) in [6.45, 7) is 6.57. The molecule has 0 spiro atoms. The van der Waals surface area contributed by atoms with Crippen LogP contribution in [0.3, 0.4) is 0 Å². The monoisotopic (exact) mass is 450 g/mol. The summed E-state index contributed by atoms with van der Waals surface area (Å²) < 4.78 is 24.9. The molecule has 0 radical (unpaired) electrons. The number of nitrogens with zero attached hydrogens (tertiary/aromatic N) is 4. The molecule has 0 saturated carbocycles. The summed E-state index contributed by atoms with van der Waals surface area (Å²) in [4.78, 5) is 25.5. The number of carbonyl (C=O) groups is 1. The number of hydrogen-bond acceptors (Lipinski definition) is 6. The molecule has 8 heteroatoms. The number of benzene rings is 2. The van der Waals surface area contributed by atoms with Crippen molar-refractivity contribution >= 4 is 11.7 Å². The third-order valence-electron chi connectivity index (χ3n) is 5.52. The molecule has 7 nitrogen and oxygen atoms in total. The van der Waals surface area contributed by atoms with E-state index in [1.54, 1.807) is 30.3 Å². The predicted octanol–water partition coefficient (Wildman–Crippen LogP) is 3.80. The first-order valence-electron chi connectivity index (χ1n) is 11.1. The summed E-state index contributed by atoms with van der Waals surface area (Å²) in [7, 11) is 0. The molecule has 1 unspecified atom stereocenters. The minimum absolute atomic E-state index is 0.0831. The Balaban J connectivity index is 1.36. The zero-order chi connectivity index (χ0) is 23.2. The van der Waals surface area contributed by atoms with Crippen LogP contribution in [0.25, 0.3) is 11.3 Å². The molecule has 4 rings (SSSR count). The first-order chi connectivity index (χ1) is 16.0. The summed E-state index contributed by atoms with van der Waals surface area (Å²) >= 11 is 0. The first kappa shape index (κ1) is 22.5. The largest absolute Gasteiger partial charge is 0.494 e. The van der Waals surface area contributed by atoms with E-state index in [2.05, 4.69) is 14.9 Å². The molecule has 0 aliphatic carbocycles. The van der Waals surface area contributed by atoms with Crippen LogP contribution in [0, 0.1) is 5.82 Å². The van der Waals surface area contributed by atoms with E-state index in [4.69, 9.17) is 9.47 Å². The second-order valence-electron chi connectivity index (χ2n) is 7.72. The standard InChI is InChI=1S/C25H27FN4O3/c1-3-32-20-10-8-19(9-11-20)22-16-24(28-17-27-22)29-12-14-30(15-13-29)25(31)18(2)33-23-7-5-4-6-21(23)26/h4-11,16-18H,3,12-15H2,1-2H3. The molecular formula is C25H27FN4O3. The molecule has 1 aromatic heterocycles. The van der Waals surface area contributed by atoms with Crippen LogP contribution in [-0.4, -0.2) is 59.7 Å². The van der Waals surface area contributed by atoms with Crippen LogP contribution in [-0.2, 0) is 4.79 Å². The Labute approximate surface area is 192 Å². The lowest BCUT2D eigenvalue weighted by Gasteiger charge is -2.36. The Morgan fingerprint density at radius 3 is 2.48 bits per heavy atom. The molecule has 1 amide bonds. The van der Waals surface area contributed by atoms with E-state index in [0.29, 0.717) is 32.8 Å². The van der Waals surface area contributed by atoms with Crippen molar-refractivity contribution in [3.05, 3.63) is 66.7 Å². The lowest BCUT2D eigenvalue weighted by Crippen LogP contribution is -2.52. The van der Waals surface area contributed by atoms with Gasteiger partial charge in [0.2, 0.25) is 0 Å². The number of halogens is 1. The smallest absolute Gasteiger partial charge is 0.263 e. The minimum Gasteiger partial charge on any atom is -0.494 e. The van der Waals surface area contributed by atoms with Gasteiger partial charge in [-0.25, -0.2) is 14.4 Å². The Kier molecular flexibility index (Phi) is 7.02. The van der Waals surface area contributed by atoms with Gasteiger partial charge in [0, 0.05) is 37.8 Å². The van der Waals surface area contributed by atoms with Gasteiger partial charge in [0.25, 0.3) is 5.91 Å². The van der Waals surface area contributed by atoms with Crippen LogP contribution in [0.5, 0.6) is 11.5 Å². The SMILES string of the molecule is CCOc1ccc(-c2cc(N3CCN(C(=O)C(C)Oc4ccccc4F)CC3)ncn2)cc1. The van der Waals surface area contributed by atoms with E-state index < -0.39 is 11.9 Å². The Bertz CT molecular complexity index is 1090. The second kappa shape index (κ2) is 10.3. The fourth-order valence-electron chi connectivity index (χ4n) is 3.76. The number of para-hydroxylation sites is 1. The van der Waals surface area contributed by atoms with Crippen LogP contribution in [0.2, 0.25) is 0 Å². The number of rotatable bonds is 7. The number of carbonyl (C=O) groups excluding carboxylic acids is 1. The molecule has 2 heterocycles. The highest BCUT2D eigenvalue weighted by molar-refractivity contribution is 5.81. The number of aromatic nitrogens is 2. The van der Waals surface area contributed by atoms with Gasteiger partial charge in [0.1, 0.15) is 17.9 Å². The number of hydrogen-bond donors (Lipinski definition) is 0. The zero-order valence-corrected chi connectivity index (χ0v) is 18.8. The quantitative estimate of drug-likeness (QED) is 0.546. The summed E-state index contributed by atoms with van der Waals surface area (Å²) in [5.41, 5.74) is 1.81. The Morgan fingerprint density at radius 2 is 1.79 bits per heavy atom. The van der Waals surface area contributed by atoms with E-state index in [1.807, 2.05) is 37.3 Å². The molecule has 2 aromatic carbocycles. The van der Waals surface area contributed by atoms with Gasteiger partial charge in [-0.2, -0.15) is 0 Å². The molecular weight excluding hydrogens is 423 g/mol. The molecule has 33 heavy (non-hydrogen) atoms. The van der Waals surface area contributed by atoms with Crippen LogP contribution in [0.1, 0.15) is 13.8 Å². The lowest BCUT2D eigenvalue weighted by molar-refractivity contribution is -0.138. The fourth-order valence-corrected chi connectivity index (χ4v) is 3.76. The van der Waals surface area contributed by atoms with Crippen LogP contribution >= 0.6 is 0 Å². The molecule has 0 bridgehead atoms. The maximum absolute atomic E-state index is 13.8. The number of amides is 1. The van der Waals surface area contributed by atoms with Crippen molar-refractivity contribution in [2.75, 3.05) is 37.7 Å². The van der Waals surface area contributed by atoms with Crippen molar-refractivity contribution in [1.29, 1.82) is 0 Å². The molecule has 1 atom stereocenters. The van der Waals surface area contributed by atoms with Gasteiger partial charge in [-0.1, -0.05) is 12.1 Å². The van der Waals surface area contributed by atoms with E-state index in [9.17, 15) is 9.18 Å². The summed E-state index contributed by atoms with van der Waals surface area (Å²) in [5.74, 6) is 1.09. The zero-order valence-electron chi connectivity index (χ0n) is 18.8. The molecule has 1 aliphatic heterocycles. The van der Waals surface area contributed by atoms with Crippen LogP contribution < -0.4 is 14.4 Å². The van der Waals surface area contributed by atoms with Crippen LogP contribution in [0.15, 0.2) is 60.9 Å². The fraction of sp³-hybridized carbons (Fsp3) is 0.320. The Morgan fingerprint density at radius 1 is 1.06 bits per heavy atom. The van der Waals surface area contributed by atoms with Gasteiger partial charge in [-0.05, 0) is 50.2 Å². The van der Waals surface area contributed by atoms with Gasteiger partial charge in [-0.15, -0.1) is 0 Å². The Hall–Kier alpha value is -3.68. The molecule has 1 aliphatic rings. The third kappa shape index (κ3) is 5.39. The summed E-state index contributed by atoms with van der Waals surface area (Å²) in [6, 6.07) is 15.9. The van der Waals surface area contributed by atoms with Crippen molar-refractivity contribution in [1.82, 2.24) is 14.9 Å². The highest BCUT2D eigenvalue weighted by atomic mass is 19.1. The maximum Gasteiger partial charge on any atom is 0.263 e. The molecule has 1 fully saturated rings. The average molecular weight is 451 g/mol. The minimum atomic E-state index is -0.765. The van der Waals surface area contributed by atoms with E-state index in [-0.39, 0.29) is 11.7 Å². The van der Waals surface area contributed by atoms with Gasteiger partial charge in [0.15, 0.2) is 17.7 Å². The molecule has 172 valence electrons. The third-order valence-corrected chi connectivity index (χ3v) is 5.52. The van der Waals surface area contributed by atoms with Gasteiger partial charge >= 0.3 is 0 Å². The van der Waals surface area contributed by atoms with Crippen molar-refractivity contribution in [2.45, 2.75) is 20.0 Å². The second-order valence-corrected chi connectivity index (χ2v) is 7.72. The molecule has 1 saturated heterocycles. The topological polar surface area (TPSA) is 67.8 Å². The van der Waals surface area contributed by atoms with Gasteiger partial charge in [-0.3, -0.25) is 4.79 Å². The number of anilines is 1. The summed E-state index contributed by atoms with van der Waals surface area (Å²) in [5, 5.41) is 0. The highest BCUT2D eigenvalue weighted by Gasteiger charge is 2.27. The van der Waals surface area contributed by atoms with E-state index in [0.717, 1.165) is 22.8 Å². The number of ether oxygens (including phenoxy) is 2. The van der Waals surface area contributed by atoms with Crippen molar-refractivity contribution in [2.24, 2.45) is 0 Å². The van der Waals surface area contributed by atoms with E-state index in [1.165, 1.54) is 12.1 Å². The summed E-state index contributed by atoms with van der Waals surface area (Å²) in [6.07, 6.45) is 0.793. The first-order valence-corrected chi connectivity index (χ1v) is 11.1. The number of piperazine rings is 1. The maximum atomic E-state index is 13.8. The molecule has 3 aromatic rings. The van der Waals surface area contributed by atoms with Crippen LogP contribution in [0.4, 0.5) is 10.2 Å². The molecule has 0 N–H and O–H groups in total. The van der Waals surface area contributed by atoms with Crippen molar-refractivity contribution in [3.63, 3.8) is 0 Å². The predicted molar refractivity (Wildman–Crippen MR) is 124 cm³/mol. The van der Waals surface area contributed by atoms with Crippen molar-refractivity contribution in [3.8, 4) is 22.8 Å². The van der Waals surface area contributed by atoms with Gasteiger partial charge in [0.05, 0.1) is 12.3 Å². The highest BCUT2D eigenvalue weighted by Crippen LogP contribution is 2.24.